The van der Waals surface area contributed by atoms with Crippen molar-refractivity contribution >= 4 is 0 Å². The first-order valence-electron chi connectivity index (χ1n) is 4.49. The third-order valence-corrected chi connectivity index (χ3v) is 3.13. The SMILES string of the molecule is CC(C)(O)C(C)(C)C([N+](=O)[O-])([N+](=O)[O-])[N+](=O)[O-]. The lowest BCUT2D eigenvalue weighted by atomic mass is 9.71. The number of nitrogens with zero attached hydrogens (tertiary/aromatic N) is 3. The molecule has 0 spiro atoms. The lowest BCUT2D eigenvalue weighted by Gasteiger charge is -2.34. The van der Waals surface area contributed by atoms with Crippen LogP contribution in [0.25, 0.3) is 0 Å². The summed E-state index contributed by atoms with van der Waals surface area (Å²) >= 11 is 0. The first-order valence-corrected chi connectivity index (χ1v) is 4.49. The van der Waals surface area contributed by atoms with E-state index in [9.17, 15) is 35.4 Å². The molecule has 0 saturated carbocycles. The fourth-order valence-electron chi connectivity index (χ4n) is 1.30. The van der Waals surface area contributed by atoms with Crippen LogP contribution in [0.1, 0.15) is 27.7 Å². The molecule has 0 aliphatic carbocycles. The zero-order valence-corrected chi connectivity index (χ0v) is 9.74. The molecule has 0 atom stereocenters. The maximum Gasteiger partial charge on any atom is 0.707 e. The van der Waals surface area contributed by atoms with Crippen LogP contribution in [0.15, 0.2) is 0 Å². The first kappa shape index (κ1) is 15.2. The molecule has 0 aliphatic rings. The van der Waals surface area contributed by atoms with Crippen molar-refractivity contribution in [2.75, 3.05) is 0 Å². The van der Waals surface area contributed by atoms with E-state index in [2.05, 4.69) is 0 Å². The summed E-state index contributed by atoms with van der Waals surface area (Å²) in [6.45, 7) is 3.89. The van der Waals surface area contributed by atoms with Gasteiger partial charge in [-0.2, -0.15) is 0 Å². The van der Waals surface area contributed by atoms with E-state index < -0.39 is 31.6 Å². The number of hydrogen-bond donors (Lipinski definition) is 1. The van der Waals surface area contributed by atoms with Crippen molar-refractivity contribution in [1.82, 2.24) is 0 Å². The Labute approximate surface area is 95.7 Å². The van der Waals surface area contributed by atoms with Crippen LogP contribution in [0.2, 0.25) is 0 Å². The maximum atomic E-state index is 10.8. The van der Waals surface area contributed by atoms with Crippen molar-refractivity contribution in [3.05, 3.63) is 30.3 Å². The highest BCUT2D eigenvalue weighted by Crippen LogP contribution is 2.43. The molecule has 0 unspecified atom stereocenters. The molecule has 0 heterocycles. The molecule has 10 nitrogen and oxygen atoms in total. The topological polar surface area (TPSA) is 150 Å². The fraction of sp³-hybridized carbons (Fsp3) is 1.00. The molecule has 0 bridgehead atoms. The van der Waals surface area contributed by atoms with E-state index in [-0.39, 0.29) is 0 Å². The summed E-state index contributed by atoms with van der Waals surface area (Å²) in [6, 6.07) is 0. The number of aliphatic hydroxyl groups is 1. The fourth-order valence-corrected chi connectivity index (χ4v) is 1.30. The van der Waals surface area contributed by atoms with Crippen LogP contribution >= 0.6 is 0 Å². The van der Waals surface area contributed by atoms with E-state index in [0.717, 1.165) is 27.7 Å². The van der Waals surface area contributed by atoms with E-state index in [1.54, 1.807) is 0 Å². The monoisotopic (exact) mass is 251 g/mol. The standard InChI is InChI=1S/C7H13N3O7/c1-5(2,6(3,4)11)7(8(12)13,9(14)15)10(16)17/h11H,1-4H3. The van der Waals surface area contributed by atoms with E-state index in [4.69, 9.17) is 0 Å². The molecule has 17 heavy (non-hydrogen) atoms. The summed E-state index contributed by atoms with van der Waals surface area (Å²) in [5.74, 6) is -3.70. The van der Waals surface area contributed by atoms with Crippen molar-refractivity contribution < 1.29 is 19.9 Å². The predicted octanol–water partition coefficient (Wildman–Crippen LogP) is 0.267. The van der Waals surface area contributed by atoms with Gasteiger partial charge in [0.15, 0.2) is 14.8 Å². The average molecular weight is 251 g/mol. The molecule has 0 amide bonds. The largest absolute Gasteiger partial charge is 0.707 e. The van der Waals surface area contributed by atoms with Gasteiger partial charge < -0.3 is 5.11 Å². The predicted molar refractivity (Wildman–Crippen MR) is 53.8 cm³/mol. The summed E-state index contributed by atoms with van der Waals surface area (Å²) in [6.07, 6.45) is 0. The van der Waals surface area contributed by atoms with Crippen LogP contribution in [-0.2, 0) is 0 Å². The van der Waals surface area contributed by atoms with Gasteiger partial charge in [0.25, 0.3) is 0 Å². The van der Waals surface area contributed by atoms with Gasteiger partial charge in [-0.15, -0.1) is 0 Å². The Bertz CT molecular complexity index is 334. The Morgan fingerprint density at radius 3 is 1.12 bits per heavy atom. The summed E-state index contributed by atoms with van der Waals surface area (Å²) in [4.78, 5) is 27.6. The maximum absolute atomic E-state index is 10.8. The van der Waals surface area contributed by atoms with E-state index in [0.29, 0.717) is 0 Å². The Morgan fingerprint density at radius 2 is 1.06 bits per heavy atom. The summed E-state index contributed by atoms with van der Waals surface area (Å²) in [5, 5.41) is 42.1. The number of nitro groups is 3. The molecule has 0 aromatic carbocycles. The van der Waals surface area contributed by atoms with Gasteiger partial charge in [0.2, 0.25) is 5.41 Å². The lowest BCUT2D eigenvalue weighted by molar-refractivity contribution is -0.988. The minimum Gasteiger partial charge on any atom is -0.389 e. The molecule has 0 rings (SSSR count). The number of hydrogen-bond acceptors (Lipinski definition) is 7. The second-order valence-corrected chi connectivity index (χ2v) is 4.59. The van der Waals surface area contributed by atoms with Crippen LogP contribution < -0.4 is 0 Å². The van der Waals surface area contributed by atoms with Gasteiger partial charge in [0.1, 0.15) is 0 Å². The summed E-state index contributed by atoms with van der Waals surface area (Å²) in [5.41, 5.74) is -4.23. The molecule has 0 aromatic heterocycles. The van der Waals surface area contributed by atoms with Crippen molar-refractivity contribution in [2.24, 2.45) is 5.41 Å². The van der Waals surface area contributed by atoms with Gasteiger partial charge in [-0.25, -0.2) is 0 Å². The zero-order valence-electron chi connectivity index (χ0n) is 9.74. The third kappa shape index (κ3) is 1.79. The zero-order chi connectivity index (χ0) is 14.2. The molecule has 1 N–H and O–H groups in total. The van der Waals surface area contributed by atoms with E-state index >= 15 is 0 Å². The highest BCUT2D eigenvalue weighted by molar-refractivity contribution is 4.91. The minimum absolute atomic E-state index is 0.904. The summed E-state index contributed by atoms with van der Waals surface area (Å²) < 4.78 is 0. The van der Waals surface area contributed by atoms with Crippen molar-refractivity contribution in [1.29, 1.82) is 0 Å². The molecule has 0 saturated heterocycles. The van der Waals surface area contributed by atoms with Crippen LogP contribution in [0.3, 0.4) is 0 Å². The van der Waals surface area contributed by atoms with Crippen LogP contribution in [0, 0.1) is 35.8 Å². The second-order valence-electron chi connectivity index (χ2n) is 4.59. The second kappa shape index (κ2) is 3.87. The van der Waals surface area contributed by atoms with Crippen molar-refractivity contribution in [2.45, 2.75) is 39.1 Å². The van der Waals surface area contributed by atoms with Crippen molar-refractivity contribution in [3.8, 4) is 0 Å². The third-order valence-electron chi connectivity index (χ3n) is 3.13. The molecule has 0 aromatic rings. The van der Waals surface area contributed by atoms with Gasteiger partial charge in [-0.05, 0) is 27.7 Å². The molecule has 10 heteroatoms. The molecule has 0 radical (unpaired) electrons. The van der Waals surface area contributed by atoms with E-state index in [1.165, 1.54) is 0 Å². The van der Waals surface area contributed by atoms with Crippen LogP contribution in [-0.4, -0.2) is 31.3 Å². The molecule has 0 aliphatic heterocycles. The smallest absolute Gasteiger partial charge is 0.389 e. The average Bonchev–Trinajstić information content (AvgIpc) is 1.98. The van der Waals surface area contributed by atoms with E-state index in [1.807, 2.05) is 0 Å². The Hall–Kier alpha value is -1.84. The van der Waals surface area contributed by atoms with Gasteiger partial charge in [0.05, 0.1) is 5.60 Å². The first-order chi connectivity index (χ1) is 7.33. The van der Waals surface area contributed by atoms with Gasteiger partial charge in [0, 0.05) is 0 Å². The van der Waals surface area contributed by atoms with Gasteiger partial charge >= 0.3 is 5.79 Å². The molecule has 0 fully saturated rings. The number of rotatable bonds is 5. The highest BCUT2D eigenvalue weighted by Gasteiger charge is 2.84. The normalized spacial score (nSPS) is 13.2. The Kier molecular flexibility index (Phi) is 3.45. The molecule has 98 valence electrons. The van der Waals surface area contributed by atoms with Crippen molar-refractivity contribution in [3.63, 3.8) is 0 Å². The quantitative estimate of drug-likeness (QED) is 0.418. The van der Waals surface area contributed by atoms with Gasteiger partial charge in [-0.1, -0.05) is 0 Å². The van der Waals surface area contributed by atoms with Gasteiger partial charge in [-0.3, -0.25) is 30.3 Å². The minimum atomic E-state index is -3.70. The Balaban J connectivity index is 6.25. The summed E-state index contributed by atoms with van der Waals surface area (Å²) in [7, 11) is 0. The lowest BCUT2D eigenvalue weighted by Crippen LogP contribution is -2.68. The Morgan fingerprint density at radius 1 is 0.824 bits per heavy atom. The molecular weight excluding hydrogens is 238 g/mol. The molecular formula is C7H13N3O7. The van der Waals surface area contributed by atoms with Crippen LogP contribution in [0.4, 0.5) is 0 Å². The van der Waals surface area contributed by atoms with Crippen LogP contribution in [0.5, 0.6) is 0 Å². The highest BCUT2D eigenvalue weighted by atomic mass is 16.7.